The van der Waals surface area contributed by atoms with E-state index in [1.54, 1.807) is 13.8 Å². The molecule has 1 aromatic heterocycles. The number of fused-ring (bicyclic) bond motifs is 1. The summed E-state index contributed by atoms with van der Waals surface area (Å²) in [6, 6.07) is 7.74. The zero-order chi connectivity index (χ0) is 11.8. The van der Waals surface area contributed by atoms with Crippen LogP contribution in [0.3, 0.4) is 0 Å². The van der Waals surface area contributed by atoms with Crippen LogP contribution in [0.5, 0.6) is 0 Å². The number of aromatic nitrogens is 1. The fraction of sp³-hybridized carbons (Fsp3) is 0.273. The lowest BCUT2D eigenvalue weighted by Crippen LogP contribution is -2.45. The van der Waals surface area contributed by atoms with E-state index in [0.717, 1.165) is 10.2 Å². The Morgan fingerprint density at radius 1 is 1.41 bits per heavy atom. The van der Waals surface area contributed by atoms with Gasteiger partial charge >= 0.3 is 0 Å². The van der Waals surface area contributed by atoms with Gasteiger partial charge in [-0.2, -0.15) is 0 Å². The zero-order valence-corrected chi connectivity index (χ0v) is 11.2. The van der Waals surface area contributed by atoms with Crippen molar-refractivity contribution in [2.24, 2.45) is 5.73 Å². The summed E-state index contributed by atoms with van der Waals surface area (Å²) in [7, 11) is 0. The quantitative estimate of drug-likeness (QED) is 0.881. The molecule has 0 saturated heterocycles. The average molecular weight is 272 g/mol. The van der Waals surface area contributed by atoms with Gasteiger partial charge < -0.3 is 11.1 Å². The Labute approximate surface area is 110 Å². The number of carbonyl (C=O) groups excluding carboxylic acids is 1. The summed E-state index contributed by atoms with van der Waals surface area (Å²) in [5, 5.41) is 3.30. The van der Waals surface area contributed by atoms with Crippen LogP contribution in [0, 0.1) is 0 Å². The van der Waals surface area contributed by atoms with Gasteiger partial charge in [-0.1, -0.05) is 23.5 Å². The van der Waals surface area contributed by atoms with Crippen LogP contribution in [0.4, 0.5) is 5.13 Å². The van der Waals surface area contributed by atoms with Gasteiger partial charge in [0.05, 0.1) is 15.8 Å². The van der Waals surface area contributed by atoms with E-state index in [2.05, 4.69) is 10.3 Å². The number of benzene rings is 1. The van der Waals surface area contributed by atoms with Gasteiger partial charge in [0.25, 0.3) is 0 Å². The molecule has 0 radical (unpaired) electrons. The summed E-state index contributed by atoms with van der Waals surface area (Å²) >= 11 is 1.44. The van der Waals surface area contributed by atoms with Crippen LogP contribution in [0.2, 0.25) is 0 Å². The van der Waals surface area contributed by atoms with E-state index in [4.69, 9.17) is 5.73 Å². The molecule has 6 heteroatoms. The third kappa shape index (κ3) is 3.15. The van der Waals surface area contributed by atoms with Crippen LogP contribution >= 0.6 is 23.7 Å². The normalized spacial score (nSPS) is 11.0. The SMILES string of the molecule is CC(C)(N)C(=O)Nc1nc2ccccc2s1.Cl. The Morgan fingerprint density at radius 2 is 2.06 bits per heavy atom. The number of anilines is 1. The van der Waals surface area contributed by atoms with E-state index < -0.39 is 5.54 Å². The van der Waals surface area contributed by atoms with Crippen molar-refractivity contribution in [3.05, 3.63) is 24.3 Å². The van der Waals surface area contributed by atoms with Crippen molar-refractivity contribution in [2.75, 3.05) is 5.32 Å². The van der Waals surface area contributed by atoms with Crippen molar-refractivity contribution in [3.8, 4) is 0 Å². The number of hydrogen-bond acceptors (Lipinski definition) is 4. The second-order valence-electron chi connectivity index (χ2n) is 4.16. The zero-order valence-electron chi connectivity index (χ0n) is 9.56. The van der Waals surface area contributed by atoms with E-state index in [0.29, 0.717) is 5.13 Å². The van der Waals surface area contributed by atoms with Gasteiger partial charge in [-0.25, -0.2) is 4.98 Å². The van der Waals surface area contributed by atoms with E-state index in [9.17, 15) is 4.79 Å². The summed E-state index contributed by atoms with van der Waals surface area (Å²) in [5.41, 5.74) is 5.68. The molecule has 0 aliphatic carbocycles. The van der Waals surface area contributed by atoms with E-state index in [-0.39, 0.29) is 18.3 Å². The van der Waals surface area contributed by atoms with Crippen molar-refractivity contribution < 1.29 is 4.79 Å². The molecule has 0 aliphatic rings. The molecule has 0 atom stereocenters. The molecular weight excluding hydrogens is 258 g/mol. The molecule has 2 aromatic rings. The number of carbonyl (C=O) groups is 1. The topological polar surface area (TPSA) is 68.0 Å². The largest absolute Gasteiger partial charge is 0.318 e. The second-order valence-corrected chi connectivity index (χ2v) is 5.19. The molecule has 0 saturated carbocycles. The van der Waals surface area contributed by atoms with Crippen LogP contribution in [0.1, 0.15) is 13.8 Å². The average Bonchev–Trinajstić information content (AvgIpc) is 2.58. The maximum absolute atomic E-state index is 11.6. The third-order valence-electron chi connectivity index (χ3n) is 2.10. The van der Waals surface area contributed by atoms with Crippen LogP contribution in [-0.2, 0) is 4.79 Å². The molecule has 0 fully saturated rings. The van der Waals surface area contributed by atoms with Crippen molar-refractivity contribution in [1.29, 1.82) is 0 Å². The molecular formula is C11H14ClN3OS. The van der Waals surface area contributed by atoms with Crippen LogP contribution < -0.4 is 11.1 Å². The number of rotatable bonds is 2. The molecule has 1 aromatic carbocycles. The van der Waals surface area contributed by atoms with Crippen molar-refractivity contribution in [3.63, 3.8) is 0 Å². The minimum absolute atomic E-state index is 0. The highest BCUT2D eigenvalue weighted by molar-refractivity contribution is 7.22. The number of halogens is 1. The minimum atomic E-state index is -0.891. The molecule has 92 valence electrons. The van der Waals surface area contributed by atoms with Crippen LogP contribution in [-0.4, -0.2) is 16.4 Å². The van der Waals surface area contributed by atoms with Gasteiger partial charge in [-0.15, -0.1) is 12.4 Å². The molecule has 1 heterocycles. The Hall–Kier alpha value is -1.17. The highest BCUT2D eigenvalue weighted by Crippen LogP contribution is 2.25. The predicted octanol–water partition coefficient (Wildman–Crippen LogP) is 2.39. The first-order valence-electron chi connectivity index (χ1n) is 4.93. The summed E-state index contributed by atoms with van der Waals surface area (Å²) in [6.45, 7) is 3.32. The Balaban J connectivity index is 0.00000144. The van der Waals surface area contributed by atoms with Crippen molar-refractivity contribution in [2.45, 2.75) is 19.4 Å². The lowest BCUT2D eigenvalue weighted by Gasteiger charge is -2.15. The van der Waals surface area contributed by atoms with E-state index >= 15 is 0 Å². The molecule has 0 spiro atoms. The fourth-order valence-corrected chi connectivity index (χ4v) is 2.04. The van der Waals surface area contributed by atoms with Gasteiger partial charge in [0.2, 0.25) is 5.91 Å². The molecule has 3 N–H and O–H groups in total. The maximum atomic E-state index is 11.6. The van der Waals surface area contributed by atoms with Crippen LogP contribution in [0.15, 0.2) is 24.3 Å². The smallest absolute Gasteiger partial charge is 0.245 e. The van der Waals surface area contributed by atoms with Crippen LogP contribution in [0.25, 0.3) is 10.2 Å². The molecule has 4 nitrogen and oxygen atoms in total. The van der Waals surface area contributed by atoms with Crippen molar-refractivity contribution in [1.82, 2.24) is 4.98 Å². The van der Waals surface area contributed by atoms with Crippen molar-refractivity contribution >= 4 is 45.0 Å². The lowest BCUT2D eigenvalue weighted by atomic mass is 10.1. The summed E-state index contributed by atoms with van der Waals surface area (Å²) in [6.07, 6.45) is 0. The standard InChI is InChI=1S/C11H13N3OS.ClH/c1-11(2,12)9(15)14-10-13-7-5-3-4-6-8(7)16-10;/h3-6H,12H2,1-2H3,(H,13,14,15);1H. The third-order valence-corrected chi connectivity index (χ3v) is 3.05. The Morgan fingerprint density at radius 3 is 2.65 bits per heavy atom. The molecule has 17 heavy (non-hydrogen) atoms. The Kier molecular flexibility index (Phi) is 4.08. The van der Waals surface area contributed by atoms with E-state index in [1.165, 1.54) is 11.3 Å². The first-order chi connectivity index (χ1) is 7.47. The molecule has 2 rings (SSSR count). The maximum Gasteiger partial charge on any atom is 0.245 e. The van der Waals surface area contributed by atoms with Gasteiger partial charge in [0, 0.05) is 0 Å². The highest BCUT2D eigenvalue weighted by Gasteiger charge is 2.22. The van der Waals surface area contributed by atoms with E-state index in [1.807, 2.05) is 24.3 Å². The lowest BCUT2D eigenvalue weighted by molar-refractivity contribution is -0.120. The number of amides is 1. The summed E-state index contributed by atoms with van der Waals surface area (Å²) in [4.78, 5) is 15.9. The van der Waals surface area contributed by atoms with Gasteiger partial charge in [-0.05, 0) is 26.0 Å². The highest BCUT2D eigenvalue weighted by atomic mass is 35.5. The fourth-order valence-electron chi connectivity index (χ4n) is 1.18. The number of thiazole rings is 1. The summed E-state index contributed by atoms with van der Waals surface area (Å²) < 4.78 is 1.05. The number of nitrogens with two attached hydrogens (primary N) is 1. The van der Waals surface area contributed by atoms with Gasteiger partial charge in [-0.3, -0.25) is 4.79 Å². The molecule has 1 amide bonds. The monoisotopic (exact) mass is 271 g/mol. The number of nitrogens with one attached hydrogen (secondary N) is 1. The Bertz CT molecular complexity index is 500. The minimum Gasteiger partial charge on any atom is -0.318 e. The molecule has 0 bridgehead atoms. The van der Waals surface area contributed by atoms with Gasteiger partial charge in [0.15, 0.2) is 5.13 Å². The molecule has 0 unspecified atom stereocenters. The number of para-hydroxylation sites is 1. The van der Waals surface area contributed by atoms with Gasteiger partial charge in [0.1, 0.15) is 0 Å². The first kappa shape index (κ1) is 13.9. The summed E-state index contributed by atoms with van der Waals surface area (Å²) in [5.74, 6) is -0.230. The number of nitrogens with zero attached hydrogens (tertiary/aromatic N) is 1. The molecule has 0 aliphatic heterocycles. The second kappa shape index (κ2) is 5.00. The first-order valence-corrected chi connectivity index (χ1v) is 5.74. The number of hydrogen-bond donors (Lipinski definition) is 2. The predicted molar refractivity (Wildman–Crippen MR) is 73.8 cm³/mol.